The molecule has 9 heteroatoms. The van der Waals surface area contributed by atoms with Crippen molar-refractivity contribution in [3.63, 3.8) is 0 Å². The van der Waals surface area contributed by atoms with E-state index in [1.165, 1.54) is 5.56 Å². The Kier molecular flexibility index (Phi) is 6.10. The molecule has 0 saturated carbocycles. The summed E-state index contributed by atoms with van der Waals surface area (Å²) >= 11 is 0. The van der Waals surface area contributed by atoms with Crippen molar-refractivity contribution in [1.82, 2.24) is 30.2 Å². The molecular formula is C28H30N6O3. The zero-order chi connectivity index (χ0) is 25.5. The van der Waals surface area contributed by atoms with Crippen LogP contribution in [0.1, 0.15) is 34.3 Å². The molecule has 4 heterocycles. The van der Waals surface area contributed by atoms with Gasteiger partial charge in [0.05, 0.1) is 11.9 Å². The lowest BCUT2D eigenvalue weighted by molar-refractivity contribution is -0.136. The van der Waals surface area contributed by atoms with Crippen LogP contribution in [0.3, 0.4) is 0 Å². The molecule has 6 rings (SSSR count). The Morgan fingerprint density at radius 2 is 1.73 bits per heavy atom. The maximum atomic E-state index is 13.1. The van der Waals surface area contributed by atoms with E-state index in [1.54, 1.807) is 4.90 Å². The lowest BCUT2D eigenvalue weighted by Crippen LogP contribution is -2.52. The van der Waals surface area contributed by atoms with Crippen LogP contribution in [0.25, 0.3) is 22.4 Å². The fourth-order valence-electron chi connectivity index (χ4n) is 5.63. The molecule has 3 amide bonds. The van der Waals surface area contributed by atoms with Crippen molar-refractivity contribution in [3.8, 4) is 22.4 Å². The number of carbonyl (C=O) groups excluding carboxylic acids is 3. The second-order valence-electron chi connectivity index (χ2n) is 10.0. The number of aromatic nitrogens is 2. The fraction of sp³-hybridized carbons (Fsp3) is 0.357. The van der Waals surface area contributed by atoms with Gasteiger partial charge in [0.1, 0.15) is 6.04 Å². The topological polar surface area (TPSA) is 99.6 Å². The van der Waals surface area contributed by atoms with E-state index in [0.717, 1.165) is 60.7 Å². The van der Waals surface area contributed by atoms with Gasteiger partial charge in [-0.05, 0) is 35.2 Å². The van der Waals surface area contributed by atoms with Gasteiger partial charge in [0, 0.05) is 69.4 Å². The highest BCUT2D eigenvalue weighted by Gasteiger charge is 2.39. The minimum atomic E-state index is -0.616. The molecular weight excluding hydrogens is 468 g/mol. The van der Waals surface area contributed by atoms with Crippen molar-refractivity contribution in [3.05, 3.63) is 65.4 Å². The predicted octanol–water partition coefficient (Wildman–Crippen LogP) is 1.92. The van der Waals surface area contributed by atoms with Gasteiger partial charge >= 0.3 is 0 Å². The summed E-state index contributed by atoms with van der Waals surface area (Å²) in [6.45, 7) is 5.50. The molecule has 3 aromatic rings. The van der Waals surface area contributed by atoms with Crippen molar-refractivity contribution in [2.24, 2.45) is 7.05 Å². The number of amides is 3. The van der Waals surface area contributed by atoms with Crippen molar-refractivity contribution in [2.75, 3.05) is 26.2 Å². The minimum Gasteiger partial charge on any atom is -0.322 e. The standard InChI is InChI=1S/C28H30N6O3/c1-32-26(19-4-2-18(3-5-19)16-33-12-10-29-11-13-33)23(15-30-32)20-6-7-22-21(14-20)17-34(28(22)37)24-8-9-25(35)31-27(24)36/h2-7,14-15,24,29H,8-13,16-17H2,1H3,(H,31,35,36). The van der Waals surface area contributed by atoms with E-state index in [1.807, 2.05) is 36.1 Å². The highest BCUT2D eigenvalue weighted by molar-refractivity contribution is 6.05. The second kappa shape index (κ2) is 9.57. The van der Waals surface area contributed by atoms with Crippen LogP contribution in [0.5, 0.6) is 0 Å². The summed E-state index contributed by atoms with van der Waals surface area (Å²) in [5.41, 5.74) is 6.85. The molecule has 0 bridgehead atoms. The van der Waals surface area contributed by atoms with Gasteiger partial charge < -0.3 is 10.2 Å². The smallest absolute Gasteiger partial charge is 0.255 e. The first-order valence-corrected chi connectivity index (χ1v) is 12.8. The van der Waals surface area contributed by atoms with Gasteiger partial charge in [0.25, 0.3) is 5.91 Å². The van der Waals surface area contributed by atoms with E-state index in [0.29, 0.717) is 18.5 Å². The van der Waals surface area contributed by atoms with Crippen LogP contribution in [0.2, 0.25) is 0 Å². The molecule has 190 valence electrons. The Balaban J connectivity index is 1.24. The highest BCUT2D eigenvalue weighted by atomic mass is 16.2. The number of hydrogen-bond acceptors (Lipinski definition) is 6. The Morgan fingerprint density at radius 3 is 2.49 bits per heavy atom. The molecule has 1 atom stereocenters. The summed E-state index contributed by atoms with van der Waals surface area (Å²) in [5, 5.41) is 10.3. The molecule has 3 aliphatic heterocycles. The molecule has 0 spiro atoms. The Morgan fingerprint density at radius 1 is 0.973 bits per heavy atom. The van der Waals surface area contributed by atoms with E-state index in [9.17, 15) is 14.4 Å². The number of nitrogens with zero attached hydrogens (tertiary/aromatic N) is 4. The van der Waals surface area contributed by atoms with E-state index >= 15 is 0 Å². The maximum Gasteiger partial charge on any atom is 0.255 e. The molecule has 2 saturated heterocycles. The second-order valence-corrected chi connectivity index (χ2v) is 10.0. The van der Waals surface area contributed by atoms with Crippen LogP contribution in [-0.2, 0) is 29.7 Å². The van der Waals surface area contributed by atoms with Crippen molar-refractivity contribution in [2.45, 2.75) is 32.0 Å². The first-order valence-electron chi connectivity index (χ1n) is 12.8. The van der Waals surface area contributed by atoms with Crippen LogP contribution in [0.15, 0.2) is 48.7 Å². The van der Waals surface area contributed by atoms with Crippen LogP contribution < -0.4 is 10.6 Å². The van der Waals surface area contributed by atoms with Crippen molar-refractivity contribution < 1.29 is 14.4 Å². The van der Waals surface area contributed by atoms with Gasteiger partial charge in [0.2, 0.25) is 11.8 Å². The third-order valence-electron chi connectivity index (χ3n) is 7.62. The number of fused-ring (bicyclic) bond motifs is 1. The first kappa shape index (κ1) is 23.6. The lowest BCUT2D eigenvalue weighted by atomic mass is 9.97. The van der Waals surface area contributed by atoms with Crippen LogP contribution >= 0.6 is 0 Å². The minimum absolute atomic E-state index is 0.164. The monoisotopic (exact) mass is 498 g/mol. The molecule has 2 N–H and O–H groups in total. The summed E-state index contributed by atoms with van der Waals surface area (Å²) < 4.78 is 1.88. The summed E-state index contributed by atoms with van der Waals surface area (Å²) in [6.07, 6.45) is 2.46. The number of hydrogen-bond donors (Lipinski definition) is 2. The number of piperazine rings is 1. The third kappa shape index (κ3) is 4.45. The lowest BCUT2D eigenvalue weighted by Gasteiger charge is -2.29. The summed E-state index contributed by atoms with van der Waals surface area (Å²) in [7, 11) is 1.94. The summed E-state index contributed by atoms with van der Waals surface area (Å²) in [6, 6.07) is 13.9. The van der Waals surface area contributed by atoms with E-state index in [2.05, 4.69) is 44.9 Å². The Labute approximate surface area is 215 Å². The van der Waals surface area contributed by atoms with Gasteiger partial charge in [-0.25, -0.2) is 0 Å². The number of nitrogens with one attached hydrogen (secondary N) is 2. The molecule has 1 aromatic heterocycles. The first-order chi connectivity index (χ1) is 18.0. The molecule has 3 aliphatic rings. The summed E-state index contributed by atoms with van der Waals surface area (Å²) in [5.74, 6) is -0.844. The zero-order valence-electron chi connectivity index (χ0n) is 20.9. The van der Waals surface area contributed by atoms with Gasteiger partial charge in [0.15, 0.2) is 0 Å². The number of benzene rings is 2. The molecule has 0 radical (unpaired) electrons. The Bertz CT molecular complexity index is 1370. The molecule has 2 fully saturated rings. The predicted molar refractivity (Wildman–Crippen MR) is 138 cm³/mol. The SMILES string of the molecule is Cn1ncc(-c2ccc3c(c2)CN(C2CCC(=O)NC2=O)C3=O)c1-c1ccc(CN2CCNCC2)cc1. The maximum absolute atomic E-state index is 13.1. The molecule has 1 unspecified atom stereocenters. The average Bonchev–Trinajstić information content (AvgIpc) is 3.44. The van der Waals surface area contributed by atoms with E-state index in [-0.39, 0.29) is 18.2 Å². The van der Waals surface area contributed by atoms with E-state index < -0.39 is 11.9 Å². The molecule has 0 aliphatic carbocycles. The van der Waals surface area contributed by atoms with Crippen LogP contribution in [0, 0.1) is 0 Å². The van der Waals surface area contributed by atoms with Gasteiger partial charge in [-0.15, -0.1) is 0 Å². The highest BCUT2D eigenvalue weighted by Crippen LogP contribution is 2.35. The number of imide groups is 1. The molecule has 2 aromatic carbocycles. The average molecular weight is 499 g/mol. The molecule has 9 nitrogen and oxygen atoms in total. The number of piperidine rings is 1. The van der Waals surface area contributed by atoms with Gasteiger partial charge in [-0.3, -0.25) is 29.3 Å². The number of carbonyl (C=O) groups is 3. The largest absolute Gasteiger partial charge is 0.322 e. The van der Waals surface area contributed by atoms with Gasteiger partial charge in [-0.2, -0.15) is 5.10 Å². The summed E-state index contributed by atoms with van der Waals surface area (Å²) in [4.78, 5) is 41.0. The van der Waals surface area contributed by atoms with Crippen LogP contribution in [-0.4, -0.2) is 69.5 Å². The quantitative estimate of drug-likeness (QED) is 0.522. The van der Waals surface area contributed by atoms with Crippen molar-refractivity contribution >= 4 is 17.7 Å². The number of rotatable bonds is 5. The zero-order valence-corrected chi connectivity index (χ0v) is 20.9. The molecule has 37 heavy (non-hydrogen) atoms. The van der Waals surface area contributed by atoms with Crippen molar-refractivity contribution in [1.29, 1.82) is 0 Å². The number of aryl methyl sites for hydroxylation is 1. The van der Waals surface area contributed by atoms with E-state index in [4.69, 9.17) is 0 Å². The fourth-order valence-corrected chi connectivity index (χ4v) is 5.63. The van der Waals surface area contributed by atoms with Gasteiger partial charge in [-0.1, -0.05) is 30.3 Å². The normalized spacial score (nSPS) is 20.3. The Hall–Kier alpha value is -3.82. The third-order valence-corrected chi connectivity index (χ3v) is 7.62. The van der Waals surface area contributed by atoms with Crippen LogP contribution in [0.4, 0.5) is 0 Å².